The van der Waals surface area contributed by atoms with Crippen molar-refractivity contribution in [3.8, 4) is 17.7 Å². The Kier molecular flexibility index (Phi) is 6.40. The first-order valence-electron chi connectivity index (χ1n) is 8.41. The van der Waals surface area contributed by atoms with Crippen LogP contribution in [-0.2, 0) is 10.0 Å². The van der Waals surface area contributed by atoms with E-state index in [1.54, 1.807) is 6.19 Å². The molecule has 0 fully saturated rings. The summed E-state index contributed by atoms with van der Waals surface area (Å²) in [7, 11) is -1.45. The number of nitrogens with one attached hydrogen (secondary N) is 1. The smallest absolute Gasteiger partial charge is 0.283 e. The third kappa shape index (κ3) is 4.29. The molecule has 3 rings (SSSR count). The number of ether oxygens (including phenoxy) is 2. The van der Waals surface area contributed by atoms with Gasteiger partial charge in [0.15, 0.2) is 6.19 Å². The topological polar surface area (TPSA) is 135 Å². The molecule has 0 saturated carbocycles. The third-order valence-corrected chi connectivity index (χ3v) is 6.91. The Bertz CT molecular complexity index is 1280. The summed E-state index contributed by atoms with van der Waals surface area (Å²) in [5.41, 5.74) is 0.414. The highest BCUT2D eigenvalue weighted by atomic mass is 35.5. The predicted molar refractivity (Wildman–Crippen MR) is 113 cm³/mol. The number of carbonyl (C=O) groups is 1. The van der Waals surface area contributed by atoms with Crippen LogP contribution in [0.5, 0.6) is 11.5 Å². The van der Waals surface area contributed by atoms with Gasteiger partial charge < -0.3 is 14.0 Å². The molecule has 2 heterocycles. The molecular weight excluding hydrogens is 468 g/mol. The van der Waals surface area contributed by atoms with Gasteiger partial charge in [0, 0.05) is 6.07 Å². The largest absolute Gasteiger partial charge is 0.497 e. The average molecular weight is 483 g/mol. The van der Waals surface area contributed by atoms with E-state index >= 15 is 0 Å². The van der Waals surface area contributed by atoms with Gasteiger partial charge in [0.1, 0.15) is 37.7 Å². The highest BCUT2D eigenvalue weighted by Crippen LogP contribution is 2.35. The van der Waals surface area contributed by atoms with Crippen LogP contribution in [0.15, 0.2) is 39.1 Å². The minimum Gasteiger partial charge on any atom is -0.497 e. The Balaban J connectivity index is 1.99. The Morgan fingerprint density at radius 2 is 2.06 bits per heavy atom. The predicted octanol–water partition coefficient (Wildman–Crippen LogP) is 3.64. The molecule has 1 amide bonds. The van der Waals surface area contributed by atoms with Crippen molar-refractivity contribution >= 4 is 50.4 Å². The van der Waals surface area contributed by atoms with Crippen molar-refractivity contribution in [3.63, 3.8) is 0 Å². The van der Waals surface area contributed by atoms with Gasteiger partial charge in [0.2, 0.25) is 0 Å². The molecule has 0 radical (unpaired) electrons. The van der Waals surface area contributed by atoms with Gasteiger partial charge in [-0.25, -0.2) is 18.0 Å². The molecular formula is C18H15ClN4O6S2. The maximum absolute atomic E-state index is 13.1. The van der Waals surface area contributed by atoms with Crippen LogP contribution in [0.25, 0.3) is 0 Å². The fraction of sp³-hybridized carbons (Fsp3) is 0.167. The number of sulfonamides is 1. The summed E-state index contributed by atoms with van der Waals surface area (Å²) in [5, 5.41) is 14.6. The number of hydrogen-bond donors (Lipinski definition) is 1. The van der Waals surface area contributed by atoms with Crippen molar-refractivity contribution in [2.24, 2.45) is 0 Å². The molecule has 13 heteroatoms. The van der Waals surface area contributed by atoms with Gasteiger partial charge in [0.05, 0.1) is 14.2 Å². The van der Waals surface area contributed by atoms with Crippen LogP contribution in [0.1, 0.15) is 15.4 Å². The number of hydrogen-bond acceptors (Lipinski definition) is 9. The molecule has 10 nitrogen and oxygen atoms in total. The number of nitriles is 1. The number of aromatic nitrogens is 1. The van der Waals surface area contributed by atoms with Crippen molar-refractivity contribution in [1.29, 1.82) is 5.26 Å². The van der Waals surface area contributed by atoms with Gasteiger partial charge >= 0.3 is 0 Å². The van der Waals surface area contributed by atoms with Crippen LogP contribution >= 0.6 is 22.9 Å². The molecule has 1 aromatic carbocycles. The quantitative estimate of drug-likeness (QED) is 0.398. The lowest BCUT2D eigenvalue weighted by Gasteiger charge is -2.17. The lowest BCUT2D eigenvalue weighted by Crippen LogP contribution is -2.27. The molecule has 3 aromatic rings. The van der Waals surface area contributed by atoms with E-state index in [0.717, 1.165) is 16.2 Å². The van der Waals surface area contributed by atoms with Crippen molar-refractivity contribution in [2.75, 3.05) is 23.8 Å². The standard InChI is InChI=1S/C18H15ClN4O6S2/c1-10-15(19)17(29-21-10)22-31(25,26)14-6-7-30-16(14)18(24)23(9-20)12-5-4-11(27-2)8-13(12)28-3/h4-8,22H,1-3H3. The van der Waals surface area contributed by atoms with Gasteiger partial charge in [-0.15, -0.1) is 11.3 Å². The van der Waals surface area contributed by atoms with Gasteiger partial charge in [0.25, 0.3) is 21.8 Å². The SMILES string of the molecule is COc1ccc(N(C#N)C(=O)c2sccc2S(=O)(=O)Nc2onc(C)c2Cl)c(OC)c1. The second-order valence-corrected chi connectivity index (χ2v) is 8.85. The molecule has 0 unspecified atom stereocenters. The minimum absolute atomic E-state index is 0.00620. The van der Waals surface area contributed by atoms with Crippen molar-refractivity contribution in [2.45, 2.75) is 11.8 Å². The number of nitrogens with zero attached hydrogens (tertiary/aromatic N) is 3. The molecule has 1 N–H and O–H groups in total. The Labute approximate surface area is 186 Å². The van der Waals surface area contributed by atoms with E-state index in [9.17, 15) is 18.5 Å². The zero-order valence-corrected chi connectivity index (χ0v) is 18.8. The fourth-order valence-corrected chi connectivity index (χ4v) is 5.06. The monoisotopic (exact) mass is 482 g/mol. The van der Waals surface area contributed by atoms with Gasteiger partial charge in [-0.05, 0) is 30.5 Å². The lowest BCUT2D eigenvalue weighted by molar-refractivity contribution is 0.1000. The molecule has 0 aliphatic heterocycles. The molecule has 0 spiro atoms. The van der Waals surface area contributed by atoms with E-state index in [0.29, 0.717) is 11.4 Å². The van der Waals surface area contributed by atoms with E-state index in [4.69, 9.17) is 25.6 Å². The maximum atomic E-state index is 13.1. The number of aryl methyl sites for hydroxylation is 1. The Morgan fingerprint density at radius 3 is 2.65 bits per heavy atom. The summed E-state index contributed by atoms with van der Waals surface area (Å²) in [4.78, 5) is 13.3. The number of halogens is 1. The minimum atomic E-state index is -4.27. The summed E-state index contributed by atoms with van der Waals surface area (Å²) in [6.45, 7) is 1.54. The van der Waals surface area contributed by atoms with Gasteiger partial charge in [-0.3, -0.25) is 4.79 Å². The first-order valence-corrected chi connectivity index (χ1v) is 11.2. The summed E-state index contributed by atoms with van der Waals surface area (Å²) in [5.74, 6) is -0.495. The van der Waals surface area contributed by atoms with Crippen LogP contribution in [0, 0.1) is 18.4 Å². The van der Waals surface area contributed by atoms with E-state index < -0.39 is 15.9 Å². The van der Waals surface area contributed by atoms with E-state index in [1.165, 1.54) is 50.8 Å². The number of carbonyl (C=O) groups excluding carboxylic acids is 1. The van der Waals surface area contributed by atoms with Crippen LogP contribution in [0.3, 0.4) is 0 Å². The Hall–Kier alpha value is -3.27. The highest BCUT2D eigenvalue weighted by molar-refractivity contribution is 7.93. The van der Waals surface area contributed by atoms with E-state index in [2.05, 4.69) is 9.88 Å². The average Bonchev–Trinajstić information content (AvgIpc) is 3.37. The summed E-state index contributed by atoms with van der Waals surface area (Å²) in [6, 6.07) is 5.72. The molecule has 0 atom stereocenters. The van der Waals surface area contributed by atoms with Crippen molar-refractivity contribution in [3.05, 3.63) is 45.2 Å². The number of thiophene rings is 1. The van der Waals surface area contributed by atoms with Crippen molar-refractivity contribution < 1.29 is 27.2 Å². The van der Waals surface area contributed by atoms with E-state index in [1.807, 2.05) is 0 Å². The number of benzene rings is 1. The summed E-state index contributed by atoms with van der Waals surface area (Å²) >= 11 is 6.82. The number of anilines is 2. The highest BCUT2D eigenvalue weighted by Gasteiger charge is 2.31. The molecule has 0 aliphatic carbocycles. The van der Waals surface area contributed by atoms with Crippen LogP contribution in [0.4, 0.5) is 11.6 Å². The molecule has 0 aliphatic rings. The van der Waals surface area contributed by atoms with Gasteiger partial charge in [-0.2, -0.15) is 5.26 Å². The third-order valence-electron chi connectivity index (χ3n) is 4.06. The van der Waals surface area contributed by atoms with Crippen LogP contribution in [0.2, 0.25) is 5.02 Å². The summed E-state index contributed by atoms with van der Waals surface area (Å²) in [6.07, 6.45) is 1.76. The van der Waals surface area contributed by atoms with Crippen LogP contribution < -0.4 is 19.1 Å². The summed E-state index contributed by atoms with van der Waals surface area (Å²) < 4.78 is 43.1. The molecule has 0 saturated heterocycles. The first-order chi connectivity index (χ1) is 14.7. The molecule has 0 bridgehead atoms. The van der Waals surface area contributed by atoms with E-state index in [-0.39, 0.29) is 32.1 Å². The van der Waals surface area contributed by atoms with Crippen molar-refractivity contribution in [1.82, 2.24) is 5.16 Å². The van der Waals surface area contributed by atoms with Crippen LogP contribution in [-0.4, -0.2) is 33.7 Å². The number of rotatable bonds is 7. The zero-order valence-electron chi connectivity index (χ0n) is 16.4. The normalized spacial score (nSPS) is 10.9. The number of methoxy groups -OCH3 is 2. The first kappa shape index (κ1) is 22.4. The molecule has 162 valence electrons. The molecule has 2 aromatic heterocycles. The fourth-order valence-electron chi connectivity index (χ4n) is 2.54. The molecule has 31 heavy (non-hydrogen) atoms. The van der Waals surface area contributed by atoms with Gasteiger partial charge in [-0.1, -0.05) is 16.8 Å². The maximum Gasteiger partial charge on any atom is 0.283 e. The lowest BCUT2D eigenvalue weighted by atomic mass is 10.2. The second-order valence-electron chi connectivity index (χ2n) is 5.91. The second kappa shape index (κ2) is 8.84. The zero-order chi connectivity index (χ0) is 22.8. The number of amides is 1. The Morgan fingerprint density at radius 1 is 1.32 bits per heavy atom.